The Kier molecular flexibility index (Phi) is 3.88. The van der Waals surface area contributed by atoms with Crippen LogP contribution in [-0.4, -0.2) is 29.6 Å². The van der Waals surface area contributed by atoms with E-state index < -0.39 is 11.0 Å². The van der Waals surface area contributed by atoms with E-state index >= 15 is 0 Å². The van der Waals surface area contributed by atoms with Gasteiger partial charge in [0.1, 0.15) is 0 Å². The number of hydrogen-bond donors (Lipinski definition) is 2. The minimum Gasteiger partial charge on any atom is -0.312 e. The lowest BCUT2D eigenvalue weighted by Crippen LogP contribution is -2.52. The van der Waals surface area contributed by atoms with Crippen molar-refractivity contribution in [1.82, 2.24) is 10.0 Å². The molecule has 1 rings (SSSR count). The molecule has 2 unspecified atom stereocenters. The normalized spacial score (nSPS) is 29.9. The van der Waals surface area contributed by atoms with E-state index in [1.807, 2.05) is 0 Å². The van der Waals surface area contributed by atoms with Gasteiger partial charge in [-0.3, -0.25) is 0 Å². The van der Waals surface area contributed by atoms with Crippen molar-refractivity contribution >= 4 is 11.0 Å². The number of piperidine rings is 1. The van der Waals surface area contributed by atoms with E-state index in [-0.39, 0.29) is 0 Å². The van der Waals surface area contributed by atoms with Gasteiger partial charge in [-0.25, -0.2) is 8.93 Å². The molecule has 13 heavy (non-hydrogen) atoms. The van der Waals surface area contributed by atoms with Crippen molar-refractivity contribution in [1.29, 1.82) is 0 Å². The Morgan fingerprint density at radius 2 is 2.31 bits per heavy atom. The Labute approximate surface area is 83.3 Å². The quantitative estimate of drug-likeness (QED) is 0.708. The fourth-order valence-corrected chi connectivity index (χ4v) is 2.22. The van der Waals surface area contributed by atoms with E-state index in [1.165, 1.54) is 12.8 Å². The minimum absolute atomic E-state index is 0.324. The van der Waals surface area contributed by atoms with Crippen LogP contribution in [0.5, 0.6) is 0 Å². The van der Waals surface area contributed by atoms with Crippen LogP contribution in [0, 0.1) is 5.41 Å². The van der Waals surface area contributed by atoms with Crippen molar-refractivity contribution in [3.63, 3.8) is 0 Å². The molecule has 0 aliphatic carbocycles. The smallest absolute Gasteiger partial charge is 0.0884 e. The maximum absolute atomic E-state index is 10.9. The standard InChI is InChI=1S/C9H20N2OS/c1-9(2)5-4-6-10-8(9)7-11-13(3)12/h8,10-11H,4-7H2,1-3H3. The zero-order valence-corrected chi connectivity index (χ0v) is 9.54. The molecule has 1 aliphatic heterocycles. The Morgan fingerprint density at radius 1 is 1.62 bits per heavy atom. The van der Waals surface area contributed by atoms with E-state index in [0.717, 1.165) is 13.1 Å². The van der Waals surface area contributed by atoms with Crippen molar-refractivity contribution in [3.8, 4) is 0 Å². The lowest BCUT2D eigenvalue weighted by Gasteiger charge is -2.39. The average Bonchev–Trinajstić information content (AvgIpc) is 2.01. The van der Waals surface area contributed by atoms with E-state index in [4.69, 9.17) is 0 Å². The van der Waals surface area contributed by atoms with Crippen molar-refractivity contribution in [2.75, 3.05) is 19.3 Å². The van der Waals surface area contributed by atoms with E-state index in [9.17, 15) is 4.21 Å². The number of rotatable bonds is 3. The zero-order valence-electron chi connectivity index (χ0n) is 8.72. The zero-order chi connectivity index (χ0) is 9.90. The molecule has 2 atom stereocenters. The molecule has 1 saturated heterocycles. The van der Waals surface area contributed by atoms with Gasteiger partial charge in [-0.1, -0.05) is 13.8 Å². The topological polar surface area (TPSA) is 41.1 Å². The predicted octanol–water partition coefficient (Wildman–Crippen LogP) is 0.648. The summed E-state index contributed by atoms with van der Waals surface area (Å²) in [6.07, 6.45) is 4.18. The molecule has 1 fully saturated rings. The second-order valence-electron chi connectivity index (χ2n) is 4.40. The number of hydrogen-bond acceptors (Lipinski definition) is 2. The van der Waals surface area contributed by atoms with Crippen LogP contribution in [0.1, 0.15) is 26.7 Å². The fraction of sp³-hybridized carbons (Fsp3) is 1.00. The predicted molar refractivity (Wildman–Crippen MR) is 56.9 cm³/mol. The Morgan fingerprint density at radius 3 is 2.85 bits per heavy atom. The molecule has 0 aromatic carbocycles. The average molecular weight is 204 g/mol. The van der Waals surface area contributed by atoms with Crippen LogP contribution in [0.3, 0.4) is 0 Å². The molecule has 0 amide bonds. The molecule has 0 saturated carbocycles. The maximum Gasteiger partial charge on any atom is 0.0884 e. The molecule has 3 nitrogen and oxygen atoms in total. The molecule has 1 aliphatic rings. The van der Waals surface area contributed by atoms with Crippen LogP contribution in [0.4, 0.5) is 0 Å². The van der Waals surface area contributed by atoms with E-state index in [0.29, 0.717) is 11.5 Å². The molecular formula is C9H20N2OS. The third-order valence-corrected chi connectivity index (χ3v) is 3.40. The Balaban J connectivity index is 2.41. The van der Waals surface area contributed by atoms with Gasteiger partial charge in [0, 0.05) is 18.8 Å². The summed E-state index contributed by atoms with van der Waals surface area (Å²) in [7, 11) is -0.890. The van der Waals surface area contributed by atoms with Gasteiger partial charge in [0.05, 0.1) is 11.0 Å². The van der Waals surface area contributed by atoms with Crippen LogP contribution in [0.25, 0.3) is 0 Å². The summed E-state index contributed by atoms with van der Waals surface area (Å²) < 4.78 is 13.9. The summed E-state index contributed by atoms with van der Waals surface area (Å²) in [5.41, 5.74) is 0.324. The summed E-state index contributed by atoms with van der Waals surface area (Å²) >= 11 is 0. The lowest BCUT2D eigenvalue weighted by atomic mass is 9.78. The molecule has 78 valence electrons. The highest BCUT2D eigenvalue weighted by molar-refractivity contribution is 7.82. The number of nitrogens with one attached hydrogen (secondary N) is 2. The minimum atomic E-state index is -0.890. The summed E-state index contributed by atoms with van der Waals surface area (Å²) in [6.45, 7) is 6.43. The van der Waals surface area contributed by atoms with Gasteiger partial charge in [0.2, 0.25) is 0 Å². The van der Waals surface area contributed by atoms with Crippen LogP contribution in [-0.2, 0) is 11.0 Å². The first-order valence-electron chi connectivity index (χ1n) is 4.83. The van der Waals surface area contributed by atoms with Crippen LogP contribution in [0.2, 0.25) is 0 Å². The van der Waals surface area contributed by atoms with Gasteiger partial charge >= 0.3 is 0 Å². The summed E-state index contributed by atoms with van der Waals surface area (Å²) in [5, 5.41) is 3.47. The van der Waals surface area contributed by atoms with Crippen molar-refractivity contribution in [2.45, 2.75) is 32.7 Å². The molecule has 2 N–H and O–H groups in total. The van der Waals surface area contributed by atoms with Crippen LogP contribution >= 0.6 is 0 Å². The molecule has 1 heterocycles. The molecule has 0 aromatic rings. The molecule has 0 spiro atoms. The van der Waals surface area contributed by atoms with Crippen LogP contribution in [0.15, 0.2) is 0 Å². The summed E-state index contributed by atoms with van der Waals surface area (Å²) in [4.78, 5) is 0. The fourth-order valence-electron chi connectivity index (χ4n) is 1.82. The molecular weight excluding hydrogens is 184 g/mol. The first-order valence-corrected chi connectivity index (χ1v) is 6.38. The van der Waals surface area contributed by atoms with Gasteiger partial charge in [-0.15, -0.1) is 0 Å². The van der Waals surface area contributed by atoms with Gasteiger partial charge in [0.15, 0.2) is 0 Å². The lowest BCUT2D eigenvalue weighted by molar-refractivity contribution is 0.182. The first kappa shape index (κ1) is 11.1. The molecule has 0 radical (unpaired) electrons. The summed E-state index contributed by atoms with van der Waals surface area (Å²) in [5.74, 6) is 0. The monoisotopic (exact) mass is 204 g/mol. The highest BCUT2D eigenvalue weighted by Crippen LogP contribution is 2.29. The van der Waals surface area contributed by atoms with Crippen molar-refractivity contribution in [3.05, 3.63) is 0 Å². The van der Waals surface area contributed by atoms with Crippen molar-refractivity contribution in [2.24, 2.45) is 5.41 Å². The SMILES string of the molecule is CS(=O)NCC1NCCCC1(C)C. The van der Waals surface area contributed by atoms with Crippen LogP contribution < -0.4 is 10.0 Å². The van der Waals surface area contributed by atoms with Crippen molar-refractivity contribution < 1.29 is 4.21 Å². The van der Waals surface area contributed by atoms with E-state index in [1.54, 1.807) is 6.26 Å². The largest absolute Gasteiger partial charge is 0.312 e. The molecule has 0 aromatic heterocycles. The van der Waals surface area contributed by atoms with E-state index in [2.05, 4.69) is 23.9 Å². The highest BCUT2D eigenvalue weighted by Gasteiger charge is 2.31. The first-order chi connectivity index (χ1) is 6.02. The second-order valence-corrected chi connectivity index (χ2v) is 5.60. The van der Waals surface area contributed by atoms with Gasteiger partial charge < -0.3 is 5.32 Å². The van der Waals surface area contributed by atoms with Gasteiger partial charge in [-0.2, -0.15) is 0 Å². The third kappa shape index (κ3) is 3.37. The second kappa shape index (κ2) is 4.53. The maximum atomic E-state index is 10.9. The van der Waals surface area contributed by atoms with Gasteiger partial charge in [0.25, 0.3) is 0 Å². The third-order valence-electron chi connectivity index (χ3n) is 2.82. The Bertz CT molecular complexity index is 194. The van der Waals surface area contributed by atoms with Gasteiger partial charge in [-0.05, 0) is 24.8 Å². The highest BCUT2D eigenvalue weighted by atomic mass is 32.2. The molecule has 0 bridgehead atoms. The molecule has 4 heteroatoms. The summed E-state index contributed by atoms with van der Waals surface area (Å²) in [6, 6.07) is 0.449. The Hall–Kier alpha value is 0.0700.